The monoisotopic (exact) mass is 427 g/mol. The van der Waals surface area contributed by atoms with Gasteiger partial charge in [-0.15, -0.1) is 0 Å². The molecule has 0 saturated carbocycles. The number of piperidine rings is 2. The molecular weight excluding hydrogens is 395 g/mol. The molecule has 0 aliphatic carbocycles. The molecule has 2 fully saturated rings. The Morgan fingerprint density at radius 1 is 1.18 bits per heavy atom. The number of rotatable bonds is 5. The molecule has 2 aliphatic heterocycles. The molecular formula is C17H32F3N5O2S. The second-order valence-electron chi connectivity index (χ2n) is 7.65. The quantitative estimate of drug-likeness (QED) is 0.516. The molecule has 0 aromatic rings. The molecule has 0 spiro atoms. The van der Waals surface area contributed by atoms with Crippen molar-refractivity contribution >= 4 is 16.0 Å². The van der Waals surface area contributed by atoms with Crippen LogP contribution in [-0.2, 0) is 10.0 Å². The van der Waals surface area contributed by atoms with Gasteiger partial charge in [0.2, 0.25) is 0 Å². The Morgan fingerprint density at radius 3 is 2.36 bits per heavy atom. The molecule has 0 radical (unpaired) electrons. The number of likely N-dealkylation sites (tertiary alicyclic amines) is 1. The van der Waals surface area contributed by atoms with E-state index in [1.54, 1.807) is 7.05 Å². The molecule has 7 nitrogen and oxygen atoms in total. The van der Waals surface area contributed by atoms with Gasteiger partial charge in [0.15, 0.2) is 5.96 Å². The first-order valence-corrected chi connectivity index (χ1v) is 11.3. The highest BCUT2D eigenvalue weighted by atomic mass is 32.2. The summed E-state index contributed by atoms with van der Waals surface area (Å²) in [6, 6.07) is 0.781. The summed E-state index contributed by atoms with van der Waals surface area (Å²) in [7, 11) is -3.60. The van der Waals surface area contributed by atoms with Gasteiger partial charge in [0.1, 0.15) is 0 Å². The van der Waals surface area contributed by atoms with Gasteiger partial charge in [-0.25, -0.2) is 8.42 Å². The van der Waals surface area contributed by atoms with E-state index in [9.17, 15) is 21.6 Å². The van der Waals surface area contributed by atoms with E-state index < -0.39 is 15.5 Å². The Labute approximate surface area is 165 Å². The van der Waals surface area contributed by atoms with Crippen molar-refractivity contribution < 1.29 is 21.6 Å². The summed E-state index contributed by atoms with van der Waals surface area (Å²) in [6.07, 6.45) is 4.28. The summed E-state index contributed by atoms with van der Waals surface area (Å²) < 4.78 is 61.5. The van der Waals surface area contributed by atoms with Crippen molar-refractivity contribution in [2.24, 2.45) is 4.99 Å². The first kappa shape index (κ1) is 23.2. The maximum Gasteiger partial charge on any atom is 0.511 e. The standard InChI is InChI=1S/C17H32F3N5O2S/c1-13-6-4-5-9-25(13)14(2)12-22-16(21-3)23-15-7-10-24(11-8-15)28(26,27)17(18,19)20/h13-15H,4-12H2,1-3H3,(H2,21,22,23). The van der Waals surface area contributed by atoms with E-state index in [0.29, 0.717) is 41.7 Å². The molecule has 2 heterocycles. The number of hydrogen-bond acceptors (Lipinski definition) is 4. The van der Waals surface area contributed by atoms with Crippen molar-refractivity contribution in [2.45, 2.75) is 69.6 Å². The van der Waals surface area contributed by atoms with Crippen LogP contribution in [0, 0.1) is 0 Å². The lowest BCUT2D eigenvalue weighted by molar-refractivity contribution is -0.0494. The van der Waals surface area contributed by atoms with Crippen LogP contribution < -0.4 is 10.6 Å². The second kappa shape index (κ2) is 9.62. The number of nitrogens with zero attached hydrogens (tertiary/aromatic N) is 3. The Hall–Kier alpha value is -1.07. The minimum absolute atomic E-state index is 0.116. The molecule has 164 valence electrons. The molecule has 0 bridgehead atoms. The van der Waals surface area contributed by atoms with Crippen molar-refractivity contribution in [1.29, 1.82) is 0 Å². The smallest absolute Gasteiger partial charge is 0.355 e. The number of alkyl halides is 3. The molecule has 2 N–H and O–H groups in total. The van der Waals surface area contributed by atoms with E-state index >= 15 is 0 Å². The summed E-state index contributed by atoms with van der Waals surface area (Å²) in [6.45, 7) is 5.90. The number of halogens is 3. The van der Waals surface area contributed by atoms with Gasteiger partial charge in [0.05, 0.1) is 0 Å². The van der Waals surface area contributed by atoms with Crippen LogP contribution in [0.1, 0.15) is 46.0 Å². The molecule has 0 aromatic carbocycles. The van der Waals surface area contributed by atoms with Gasteiger partial charge in [-0.2, -0.15) is 17.5 Å². The van der Waals surface area contributed by atoms with Crippen molar-refractivity contribution in [3.05, 3.63) is 0 Å². The second-order valence-corrected chi connectivity index (χ2v) is 9.58. The fourth-order valence-corrected chi connectivity index (χ4v) is 4.90. The third kappa shape index (κ3) is 5.73. The predicted octanol–water partition coefficient (Wildman–Crippen LogP) is 1.73. The number of aliphatic imine (C=N–C) groups is 1. The first-order chi connectivity index (χ1) is 13.1. The molecule has 0 amide bonds. The highest BCUT2D eigenvalue weighted by Gasteiger charge is 2.50. The fraction of sp³-hybridized carbons (Fsp3) is 0.941. The van der Waals surface area contributed by atoms with Crippen LogP contribution in [0.15, 0.2) is 4.99 Å². The number of guanidine groups is 1. The summed E-state index contributed by atoms with van der Waals surface area (Å²) in [5, 5.41) is 6.49. The zero-order chi connectivity index (χ0) is 20.9. The zero-order valence-electron chi connectivity index (χ0n) is 16.8. The molecule has 11 heteroatoms. The first-order valence-electron chi connectivity index (χ1n) is 9.85. The van der Waals surface area contributed by atoms with Crippen LogP contribution in [0.25, 0.3) is 0 Å². The van der Waals surface area contributed by atoms with Crippen LogP contribution in [0.5, 0.6) is 0 Å². The Balaban J connectivity index is 1.80. The molecule has 2 aliphatic rings. The Bertz CT molecular complexity index is 633. The molecule has 0 aromatic heterocycles. The fourth-order valence-electron chi connectivity index (χ4n) is 3.91. The van der Waals surface area contributed by atoms with Gasteiger partial charge in [0, 0.05) is 44.8 Å². The van der Waals surface area contributed by atoms with Crippen LogP contribution in [0.4, 0.5) is 13.2 Å². The molecule has 2 unspecified atom stereocenters. The number of hydrogen-bond donors (Lipinski definition) is 2. The third-order valence-electron chi connectivity index (χ3n) is 5.64. The van der Waals surface area contributed by atoms with Gasteiger partial charge in [0.25, 0.3) is 0 Å². The number of sulfonamides is 1. The lowest BCUT2D eigenvalue weighted by Crippen LogP contribution is -2.54. The summed E-state index contributed by atoms with van der Waals surface area (Å²) in [5.41, 5.74) is -5.24. The average molecular weight is 428 g/mol. The lowest BCUT2D eigenvalue weighted by Gasteiger charge is -2.38. The summed E-state index contributed by atoms with van der Waals surface area (Å²) >= 11 is 0. The summed E-state index contributed by atoms with van der Waals surface area (Å²) in [5.74, 6) is 0.591. The largest absolute Gasteiger partial charge is 0.511 e. The topological polar surface area (TPSA) is 77.0 Å². The van der Waals surface area contributed by atoms with Gasteiger partial charge < -0.3 is 10.6 Å². The Morgan fingerprint density at radius 2 is 1.82 bits per heavy atom. The van der Waals surface area contributed by atoms with E-state index in [2.05, 4.69) is 34.4 Å². The van der Waals surface area contributed by atoms with Crippen LogP contribution in [-0.4, -0.2) is 80.4 Å². The summed E-state index contributed by atoms with van der Waals surface area (Å²) in [4.78, 5) is 6.67. The van der Waals surface area contributed by atoms with Gasteiger partial charge in [-0.05, 0) is 46.1 Å². The zero-order valence-corrected chi connectivity index (χ0v) is 17.6. The molecule has 2 atom stereocenters. The normalized spacial score (nSPS) is 25.5. The molecule has 2 saturated heterocycles. The highest BCUT2D eigenvalue weighted by Crippen LogP contribution is 2.29. The van der Waals surface area contributed by atoms with E-state index in [4.69, 9.17) is 0 Å². The van der Waals surface area contributed by atoms with Crippen molar-refractivity contribution in [3.8, 4) is 0 Å². The molecule has 2 rings (SSSR count). The average Bonchev–Trinajstić information content (AvgIpc) is 2.64. The minimum Gasteiger partial charge on any atom is -0.355 e. The molecule has 28 heavy (non-hydrogen) atoms. The van der Waals surface area contributed by atoms with E-state index in [-0.39, 0.29) is 19.1 Å². The van der Waals surface area contributed by atoms with E-state index in [1.165, 1.54) is 19.3 Å². The SMILES string of the molecule is CN=C(NCC(C)N1CCCCC1C)NC1CCN(S(=O)(=O)C(F)(F)F)CC1. The van der Waals surface area contributed by atoms with Crippen LogP contribution >= 0.6 is 0 Å². The number of nitrogens with one attached hydrogen (secondary N) is 2. The van der Waals surface area contributed by atoms with Gasteiger partial charge in [-0.3, -0.25) is 9.89 Å². The predicted molar refractivity (Wildman–Crippen MR) is 104 cm³/mol. The highest BCUT2D eigenvalue weighted by molar-refractivity contribution is 7.90. The Kier molecular flexibility index (Phi) is 7.97. The van der Waals surface area contributed by atoms with Crippen LogP contribution in [0.2, 0.25) is 0 Å². The van der Waals surface area contributed by atoms with Gasteiger partial charge in [-0.1, -0.05) is 6.42 Å². The minimum atomic E-state index is -5.24. The maximum atomic E-state index is 12.7. The maximum absolute atomic E-state index is 12.7. The van der Waals surface area contributed by atoms with E-state index in [0.717, 1.165) is 6.54 Å². The van der Waals surface area contributed by atoms with Crippen molar-refractivity contribution in [1.82, 2.24) is 19.8 Å². The lowest BCUT2D eigenvalue weighted by atomic mass is 10.0. The van der Waals surface area contributed by atoms with Gasteiger partial charge >= 0.3 is 15.5 Å². The van der Waals surface area contributed by atoms with Crippen molar-refractivity contribution in [3.63, 3.8) is 0 Å². The third-order valence-corrected chi connectivity index (χ3v) is 7.27. The van der Waals surface area contributed by atoms with Crippen LogP contribution in [0.3, 0.4) is 0 Å². The van der Waals surface area contributed by atoms with Crippen molar-refractivity contribution in [2.75, 3.05) is 33.2 Å². The van der Waals surface area contributed by atoms with E-state index in [1.807, 2.05) is 0 Å².